The van der Waals surface area contributed by atoms with Crippen LogP contribution in [0.1, 0.15) is 29.8 Å². The maximum atomic E-state index is 14.0. The molecule has 0 amide bonds. The van der Waals surface area contributed by atoms with E-state index in [1.165, 1.54) is 4.68 Å². The van der Waals surface area contributed by atoms with Crippen molar-refractivity contribution in [2.45, 2.75) is 25.7 Å². The Morgan fingerprint density at radius 3 is 2.54 bits per heavy atom. The second-order valence-corrected chi connectivity index (χ2v) is 6.44. The van der Waals surface area contributed by atoms with Gasteiger partial charge < -0.3 is 10.0 Å². The maximum Gasteiger partial charge on any atom is 0.419 e. The van der Waals surface area contributed by atoms with Gasteiger partial charge in [-0.2, -0.15) is 23.3 Å². The van der Waals surface area contributed by atoms with Crippen LogP contribution in [0, 0.1) is 5.82 Å². The van der Waals surface area contributed by atoms with Gasteiger partial charge in [-0.25, -0.2) is 9.07 Å². The number of hydrogen-bond acceptors (Lipinski definition) is 5. The van der Waals surface area contributed by atoms with E-state index in [9.17, 15) is 27.5 Å². The zero-order valence-corrected chi connectivity index (χ0v) is 15.2. The zero-order valence-electron chi connectivity index (χ0n) is 15.2. The maximum absolute atomic E-state index is 14.0. The van der Waals surface area contributed by atoms with Gasteiger partial charge in [-0.3, -0.25) is 9.78 Å². The lowest BCUT2D eigenvalue weighted by Gasteiger charge is -2.16. The number of benzene rings is 1. The summed E-state index contributed by atoms with van der Waals surface area (Å²) in [6.07, 6.45) is -4.80. The smallest absolute Gasteiger partial charge is 0.390 e. The van der Waals surface area contributed by atoms with E-state index in [4.69, 9.17) is 0 Å². The van der Waals surface area contributed by atoms with Gasteiger partial charge in [0.15, 0.2) is 5.65 Å². The van der Waals surface area contributed by atoms with Crippen LogP contribution in [-0.2, 0) is 12.8 Å². The van der Waals surface area contributed by atoms with Gasteiger partial charge in [-0.05, 0) is 24.6 Å². The highest BCUT2D eigenvalue weighted by Crippen LogP contribution is 2.33. The molecule has 0 aliphatic carbocycles. The molecule has 150 valence electrons. The fourth-order valence-electron chi connectivity index (χ4n) is 2.86. The van der Waals surface area contributed by atoms with E-state index in [1.807, 2.05) is 0 Å². The number of nitrogens with one attached hydrogen (secondary N) is 1. The predicted molar refractivity (Wildman–Crippen MR) is 93.6 cm³/mol. The number of aromatic nitrogens is 4. The molecule has 3 rings (SSSR count). The molecule has 0 saturated carbocycles. The highest BCUT2D eigenvalue weighted by Gasteiger charge is 2.34. The molecule has 0 bridgehead atoms. The molecule has 1 unspecified atom stereocenters. The lowest BCUT2D eigenvalue weighted by molar-refractivity contribution is -0.140. The fourth-order valence-corrected chi connectivity index (χ4v) is 2.86. The average molecular weight is 399 g/mol. The number of halogens is 4. The van der Waals surface area contributed by atoms with Crippen LogP contribution in [0.4, 0.5) is 23.5 Å². The largest absolute Gasteiger partial charge is 0.419 e. The van der Waals surface area contributed by atoms with E-state index in [2.05, 4.69) is 15.1 Å². The van der Waals surface area contributed by atoms with Crippen LogP contribution in [0.5, 0.6) is 0 Å². The summed E-state index contributed by atoms with van der Waals surface area (Å²) < 4.78 is 53.6. The topological polar surface area (TPSA) is 87.0 Å². The van der Waals surface area contributed by atoms with E-state index >= 15 is 0 Å². The number of alkyl halides is 3. The summed E-state index contributed by atoms with van der Waals surface area (Å²) in [6.45, 7) is 1.04. The molecule has 7 nitrogen and oxygen atoms in total. The first-order valence-electron chi connectivity index (χ1n) is 8.20. The van der Waals surface area contributed by atoms with Gasteiger partial charge in [0.1, 0.15) is 16.9 Å². The van der Waals surface area contributed by atoms with Gasteiger partial charge in [0.2, 0.25) is 5.95 Å². The van der Waals surface area contributed by atoms with Gasteiger partial charge in [0, 0.05) is 14.1 Å². The minimum atomic E-state index is -4.80. The number of aliphatic hydroxyl groups is 1. The molecular formula is C17H17F4N5O2. The SMILES string of the molecule is CC(c1ccc(C(F)(F)F)c(F)c1)n1nc(CO)c2c(=O)[nH]c(N(C)C)nc21. The zero-order chi connectivity index (χ0) is 20.8. The number of hydrogen-bond donors (Lipinski definition) is 2. The van der Waals surface area contributed by atoms with Crippen molar-refractivity contribution in [3.05, 3.63) is 51.2 Å². The molecule has 0 fully saturated rings. The number of aliphatic hydroxyl groups excluding tert-OH is 1. The van der Waals surface area contributed by atoms with Crippen molar-refractivity contribution in [3.8, 4) is 0 Å². The Morgan fingerprint density at radius 2 is 2.00 bits per heavy atom. The van der Waals surface area contributed by atoms with Crippen molar-refractivity contribution in [1.29, 1.82) is 0 Å². The Labute approximate surface area is 156 Å². The first-order chi connectivity index (χ1) is 13.0. The fraction of sp³-hybridized carbons (Fsp3) is 0.353. The van der Waals surface area contributed by atoms with Gasteiger partial charge in [0.05, 0.1) is 18.2 Å². The summed E-state index contributed by atoms with van der Waals surface area (Å²) in [5, 5.41) is 13.8. The Kier molecular flexibility index (Phi) is 4.88. The van der Waals surface area contributed by atoms with E-state index in [0.717, 1.165) is 12.1 Å². The lowest BCUT2D eigenvalue weighted by atomic mass is 10.1. The molecular weight excluding hydrogens is 382 g/mol. The Balaban J connectivity index is 2.18. The van der Waals surface area contributed by atoms with Crippen LogP contribution in [0.25, 0.3) is 11.0 Å². The number of fused-ring (bicyclic) bond motifs is 1. The first kappa shape index (κ1) is 19.8. The molecule has 28 heavy (non-hydrogen) atoms. The summed E-state index contributed by atoms with van der Waals surface area (Å²) in [5.41, 5.74) is -1.49. The van der Waals surface area contributed by atoms with Crippen LogP contribution in [0.3, 0.4) is 0 Å². The number of rotatable bonds is 4. The summed E-state index contributed by atoms with van der Waals surface area (Å²) in [4.78, 5) is 20.8. The van der Waals surface area contributed by atoms with E-state index in [-0.39, 0.29) is 28.2 Å². The first-order valence-corrected chi connectivity index (χ1v) is 8.20. The Hall–Kier alpha value is -2.95. The van der Waals surface area contributed by atoms with Crippen molar-refractivity contribution >= 4 is 17.0 Å². The van der Waals surface area contributed by atoms with Gasteiger partial charge in [-0.15, -0.1) is 0 Å². The van der Waals surface area contributed by atoms with Gasteiger partial charge >= 0.3 is 6.18 Å². The molecule has 0 radical (unpaired) electrons. The van der Waals surface area contributed by atoms with Gasteiger partial charge in [-0.1, -0.05) is 6.07 Å². The molecule has 0 aliphatic rings. The summed E-state index contributed by atoms with van der Waals surface area (Å²) >= 11 is 0. The average Bonchev–Trinajstić information content (AvgIpc) is 2.99. The monoisotopic (exact) mass is 399 g/mol. The highest BCUT2D eigenvalue weighted by molar-refractivity contribution is 5.78. The minimum Gasteiger partial charge on any atom is -0.390 e. The van der Waals surface area contributed by atoms with Crippen molar-refractivity contribution in [2.75, 3.05) is 19.0 Å². The van der Waals surface area contributed by atoms with Crippen LogP contribution in [0.15, 0.2) is 23.0 Å². The predicted octanol–water partition coefficient (Wildman–Crippen LogP) is 2.45. The highest BCUT2D eigenvalue weighted by atomic mass is 19.4. The standard InChI is InChI=1S/C17H17F4N5O2/c1-8(9-4-5-10(11(18)6-9)17(19,20)21)26-14-13(12(7-27)24-26)15(28)23-16(22-14)25(2)3/h4-6,8,27H,7H2,1-3H3,(H,22,23,28). The van der Waals surface area contributed by atoms with Gasteiger partial charge in [0.25, 0.3) is 5.56 Å². The molecule has 0 saturated heterocycles. The molecule has 1 aromatic carbocycles. The third-order valence-electron chi connectivity index (χ3n) is 4.34. The second kappa shape index (κ2) is 6.89. The number of anilines is 1. The molecule has 11 heteroatoms. The lowest BCUT2D eigenvalue weighted by Crippen LogP contribution is -2.20. The third kappa shape index (κ3) is 3.33. The van der Waals surface area contributed by atoms with Crippen molar-refractivity contribution in [3.63, 3.8) is 0 Å². The molecule has 2 heterocycles. The second-order valence-electron chi connectivity index (χ2n) is 6.44. The van der Waals surface area contributed by atoms with Crippen molar-refractivity contribution in [2.24, 2.45) is 0 Å². The van der Waals surface area contributed by atoms with E-state index in [0.29, 0.717) is 6.07 Å². The normalized spacial score (nSPS) is 13.1. The quantitative estimate of drug-likeness (QED) is 0.658. The summed E-state index contributed by atoms with van der Waals surface area (Å²) in [5.74, 6) is -1.18. The number of H-pyrrole nitrogens is 1. The molecule has 3 aromatic rings. The molecule has 0 aliphatic heterocycles. The van der Waals surface area contributed by atoms with E-state index < -0.39 is 35.8 Å². The van der Waals surface area contributed by atoms with Crippen LogP contribution in [-0.4, -0.2) is 39.0 Å². The van der Waals surface area contributed by atoms with Crippen LogP contribution >= 0.6 is 0 Å². The minimum absolute atomic E-state index is 0.0623. The van der Waals surface area contributed by atoms with Crippen LogP contribution in [0.2, 0.25) is 0 Å². The summed E-state index contributed by atoms with van der Waals surface area (Å²) in [7, 11) is 3.32. The molecule has 0 spiro atoms. The Bertz CT molecular complexity index is 1090. The van der Waals surface area contributed by atoms with Crippen LogP contribution < -0.4 is 10.5 Å². The Morgan fingerprint density at radius 1 is 1.32 bits per heavy atom. The molecule has 2 aromatic heterocycles. The molecule has 2 N–H and O–H groups in total. The van der Waals surface area contributed by atoms with Crippen molar-refractivity contribution < 1.29 is 22.7 Å². The number of nitrogens with zero attached hydrogens (tertiary/aromatic N) is 4. The molecule has 1 atom stereocenters. The third-order valence-corrected chi connectivity index (χ3v) is 4.34. The number of aromatic amines is 1. The van der Waals surface area contributed by atoms with Crippen molar-refractivity contribution in [1.82, 2.24) is 19.7 Å². The van der Waals surface area contributed by atoms with E-state index in [1.54, 1.807) is 25.9 Å². The summed E-state index contributed by atoms with van der Waals surface area (Å²) in [6, 6.07) is 1.83.